The molecule has 1 fully saturated rings. The van der Waals surface area contributed by atoms with Crippen LogP contribution in [-0.4, -0.2) is 44.7 Å². The maximum atomic E-state index is 11.9. The number of nitrogens with zero attached hydrogens (tertiary/aromatic N) is 2. The predicted octanol–water partition coefficient (Wildman–Crippen LogP) is 0.756. The molecule has 1 amide bonds. The third-order valence-corrected chi connectivity index (χ3v) is 4.31. The monoisotopic (exact) mass is 314 g/mol. The van der Waals surface area contributed by atoms with Crippen molar-refractivity contribution in [1.29, 1.82) is 0 Å². The molecule has 1 aliphatic rings. The lowest BCUT2D eigenvalue weighted by molar-refractivity contribution is -0.120. The van der Waals surface area contributed by atoms with E-state index in [1.165, 1.54) is 11.8 Å². The topological polar surface area (TPSA) is 89.0 Å². The van der Waals surface area contributed by atoms with Crippen LogP contribution in [0.2, 0.25) is 0 Å². The average molecular weight is 314 g/mol. The standard InChI is InChI=1S/C13H22N4O3S/c1-8(2)14-11(18)9(3)21-13-16-15-12(19)17(13)7-10-5-4-6-20-10/h8-10H,4-7H2,1-3H3,(H,14,18)(H,15,19)/t9-,10-/m0/s1. The second kappa shape index (κ2) is 7.13. The summed E-state index contributed by atoms with van der Waals surface area (Å²) in [6, 6.07) is 0.0915. The minimum absolute atomic E-state index is 0.0550. The second-order valence-corrected chi connectivity index (χ2v) is 6.79. The molecule has 118 valence electrons. The van der Waals surface area contributed by atoms with Crippen molar-refractivity contribution in [2.75, 3.05) is 6.61 Å². The lowest BCUT2D eigenvalue weighted by atomic mass is 10.2. The van der Waals surface area contributed by atoms with Crippen molar-refractivity contribution in [1.82, 2.24) is 20.1 Å². The van der Waals surface area contributed by atoms with Gasteiger partial charge in [-0.15, -0.1) is 5.10 Å². The molecule has 0 aromatic carbocycles. The van der Waals surface area contributed by atoms with Gasteiger partial charge in [0.1, 0.15) is 0 Å². The highest BCUT2D eigenvalue weighted by atomic mass is 32.2. The van der Waals surface area contributed by atoms with Crippen molar-refractivity contribution < 1.29 is 9.53 Å². The number of nitrogens with one attached hydrogen (secondary N) is 2. The Bertz CT molecular complexity index is 534. The molecule has 0 bridgehead atoms. The number of thioether (sulfide) groups is 1. The normalized spacial score (nSPS) is 19.9. The Labute approximate surface area is 127 Å². The molecule has 0 aliphatic carbocycles. The highest BCUT2D eigenvalue weighted by molar-refractivity contribution is 8.00. The molecule has 1 saturated heterocycles. The van der Waals surface area contributed by atoms with Gasteiger partial charge in [0.15, 0.2) is 5.16 Å². The minimum Gasteiger partial charge on any atom is -0.376 e. The Morgan fingerprint density at radius 1 is 1.57 bits per heavy atom. The Morgan fingerprint density at radius 2 is 2.33 bits per heavy atom. The fourth-order valence-electron chi connectivity index (χ4n) is 2.16. The number of ether oxygens (including phenoxy) is 1. The van der Waals surface area contributed by atoms with Gasteiger partial charge in [-0.3, -0.25) is 9.36 Å². The van der Waals surface area contributed by atoms with Gasteiger partial charge in [0.2, 0.25) is 5.91 Å². The summed E-state index contributed by atoms with van der Waals surface area (Å²) in [5, 5.41) is 9.53. The van der Waals surface area contributed by atoms with Crippen LogP contribution in [0, 0.1) is 0 Å². The molecule has 1 aromatic heterocycles. The van der Waals surface area contributed by atoms with E-state index in [1.54, 1.807) is 11.5 Å². The number of aromatic amines is 1. The maximum Gasteiger partial charge on any atom is 0.344 e. The third-order valence-electron chi connectivity index (χ3n) is 3.22. The summed E-state index contributed by atoms with van der Waals surface area (Å²) < 4.78 is 7.11. The number of hydrogen-bond donors (Lipinski definition) is 2. The van der Waals surface area contributed by atoms with Crippen LogP contribution in [0.15, 0.2) is 9.95 Å². The van der Waals surface area contributed by atoms with Crippen LogP contribution in [0.3, 0.4) is 0 Å². The molecule has 8 heteroatoms. The predicted molar refractivity (Wildman–Crippen MR) is 80.4 cm³/mol. The van der Waals surface area contributed by atoms with E-state index in [4.69, 9.17) is 4.74 Å². The van der Waals surface area contributed by atoms with E-state index in [2.05, 4.69) is 15.5 Å². The zero-order valence-corrected chi connectivity index (χ0v) is 13.4. The van der Waals surface area contributed by atoms with Gasteiger partial charge in [-0.2, -0.15) is 0 Å². The molecule has 21 heavy (non-hydrogen) atoms. The SMILES string of the molecule is CC(C)NC(=O)[C@H](C)Sc1n[nH]c(=O)n1C[C@@H]1CCCO1. The summed E-state index contributed by atoms with van der Waals surface area (Å²) in [7, 11) is 0. The Kier molecular flexibility index (Phi) is 5.46. The Balaban J connectivity index is 2.02. The van der Waals surface area contributed by atoms with Gasteiger partial charge in [-0.1, -0.05) is 11.8 Å². The van der Waals surface area contributed by atoms with Gasteiger partial charge in [-0.25, -0.2) is 9.89 Å². The van der Waals surface area contributed by atoms with Crippen LogP contribution >= 0.6 is 11.8 Å². The first-order valence-electron chi connectivity index (χ1n) is 7.21. The third kappa shape index (κ3) is 4.34. The molecule has 0 spiro atoms. The fraction of sp³-hybridized carbons (Fsp3) is 0.769. The van der Waals surface area contributed by atoms with Gasteiger partial charge in [0.25, 0.3) is 0 Å². The van der Waals surface area contributed by atoms with E-state index < -0.39 is 0 Å². The molecule has 0 unspecified atom stereocenters. The van der Waals surface area contributed by atoms with E-state index >= 15 is 0 Å². The quantitative estimate of drug-likeness (QED) is 0.757. The van der Waals surface area contributed by atoms with Crippen LogP contribution < -0.4 is 11.0 Å². The van der Waals surface area contributed by atoms with Crippen molar-refractivity contribution in [3.63, 3.8) is 0 Å². The molecule has 2 rings (SSSR count). The summed E-state index contributed by atoms with van der Waals surface area (Å²) in [5.41, 5.74) is -0.260. The van der Waals surface area contributed by atoms with E-state index in [-0.39, 0.29) is 29.0 Å². The molecule has 2 heterocycles. The first-order valence-corrected chi connectivity index (χ1v) is 8.09. The van der Waals surface area contributed by atoms with Gasteiger partial charge in [0.05, 0.1) is 17.9 Å². The van der Waals surface area contributed by atoms with Gasteiger partial charge in [0, 0.05) is 12.6 Å². The first-order chi connectivity index (χ1) is 9.97. The molecule has 1 aliphatic heterocycles. The summed E-state index contributed by atoms with van der Waals surface area (Å²) in [6.45, 7) is 6.86. The van der Waals surface area contributed by atoms with Crippen LogP contribution in [0.5, 0.6) is 0 Å². The minimum atomic E-state index is -0.314. The fourth-order valence-corrected chi connectivity index (χ4v) is 3.03. The van der Waals surface area contributed by atoms with Crippen molar-refractivity contribution in [2.24, 2.45) is 0 Å². The zero-order chi connectivity index (χ0) is 15.4. The molecule has 7 nitrogen and oxygen atoms in total. The van der Waals surface area contributed by atoms with E-state index in [9.17, 15) is 9.59 Å². The molecule has 1 aromatic rings. The lowest BCUT2D eigenvalue weighted by Crippen LogP contribution is -2.36. The van der Waals surface area contributed by atoms with Crippen LogP contribution in [0.25, 0.3) is 0 Å². The van der Waals surface area contributed by atoms with E-state index in [1.807, 2.05) is 13.8 Å². The molecule has 2 N–H and O–H groups in total. The van der Waals surface area contributed by atoms with E-state index in [0.29, 0.717) is 11.7 Å². The summed E-state index contributed by atoms with van der Waals surface area (Å²) in [6.07, 6.45) is 2.03. The summed E-state index contributed by atoms with van der Waals surface area (Å²) in [4.78, 5) is 23.8. The molecule has 0 saturated carbocycles. The highest BCUT2D eigenvalue weighted by Gasteiger charge is 2.22. The number of rotatable bonds is 6. The lowest BCUT2D eigenvalue weighted by Gasteiger charge is -2.15. The van der Waals surface area contributed by atoms with Crippen molar-refractivity contribution in [3.8, 4) is 0 Å². The molecule has 0 radical (unpaired) electrons. The number of hydrogen-bond acceptors (Lipinski definition) is 5. The van der Waals surface area contributed by atoms with E-state index in [0.717, 1.165) is 19.4 Å². The number of carbonyl (C=O) groups is 1. The van der Waals surface area contributed by atoms with Crippen LogP contribution in [0.1, 0.15) is 33.6 Å². The molecular formula is C13H22N4O3S. The molecule has 2 atom stereocenters. The van der Waals surface area contributed by atoms with Crippen molar-refractivity contribution >= 4 is 17.7 Å². The van der Waals surface area contributed by atoms with Gasteiger partial charge in [-0.05, 0) is 33.6 Å². The number of amides is 1. The number of aromatic nitrogens is 3. The first kappa shape index (κ1) is 16.1. The van der Waals surface area contributed by atoms with Gasteiger partial charge < -0.3 is 10.1 Å². The zero-order valence-electron chi connectivity index (χ0n) is 12.6. The summed E-state index contributed by atoms with van der Waals surface area (Å²) in [5.74, 6) is -0.0610. The number of carbonyl (C=O) groups excluding carboxylic acids is 1. The summed E-state index contributed by atoms with van der Waals surface area (Å²) >= 11 is 1.28. The number of H-pyrrole nitrogens is 1. The second-order valence-electron chi connectivity index (χ2n) is 5.48. The Morgan fingerprint density at radius 3 is 2.95 bits per heavy atom. The Hall–Kier alpha value is -1.28. The smallest absolute Gasteiger partial charge is 0.344 e. The molecular weight excluding hydrogens is 292 g/mol. The van der Waals surface area contributed by atoms with Crippen molar-refractivity contribution in [3.05, 3.63) is 10.5 Å². The highest BCUT2D eigenvalue weighted by Crippen LogP contribution is 2.22. The van der Waals surface area contributed by atoms with Crippen LogP contribution in [0.4, 0.5) is 0 Å². The maximum absolute atomic E-state index is 11.9. The van der Waals surface area contributed by atoms with Crippen LogP contribution in [-0.2, 0) is 16.1 Å². The van der Waals surface area contributed by atoms with Gasteiger partial charge >= 0.3 is 5.69 Å². The largest absolute Gasteiger partial charge is 0.376 e. The van der Waals surface area contributed by atoms with Crippen molar-refractivity contribution in [2.45, 2.75) is 62.7 Å². The average Bonchev–Trinajstić information content (AvgIpc) is 3.03.